The summed E-state index contributed by atoms with van der Waals surface area (Å²) >= 11 is 5.59. The fourth-order valence-corrected chi connectivity index (χ4v) is 3.91. The molecule has 3 aromatic rings. The van der Waals surface area contributed by atoms with Crippen LogP contribution in [0.2, 0.25) is 0 Å². The minimum Gasteiger partial charge on any atom is -0.465 e. The van der Waals surface area contributed by atoms with Crippen LogP contribution in [-0.2, 0) is 9.53 Å². The maximum absolute atomic E-state index is 12.3. The molecule has 0 aliphatic carbocycles. The fraction of sp³-hybridized carbons (Fsp3) is 0.238. The van der Waals surface area contributed by atoms with E-state index in [9.17, 15) is 4.79 Å². The smallest absolute Gasteiger partial charge is 0.325 e. The number of nitrogens with one attached hydrogen (secondary N) is 1. The van der Waals surface area contributed by atoms with Gasteiger partial charge in [-0.3, -0.25) is 14.8 Å². The summed E-state index contributed by atoms with van der Waals surface area (Å²) in [6.45, 7) is 2.18. The normalized spacial score (nSPS) is 18.5. The van der Waals surface area contributed by atoms with Gasteiger partial charge in [0.2, 0.25) is 0 Å². The summed E-state index contributed by atoms with van der Waals surface area (Å²) in [5.41, 5.74) is 2.76. The van der Waals surface area contributed by atoms with Crippen LogP contribution in [0, 0.1) is 0 Å². The van der Waals surface area contributed by atoms with Crippen molar-refractivity contribution in [1.82, 2.24) is 24.8 Å². The number of hydrogen-bond donors (Lipinski definition) is 1. The standard InChI is InChI=1S/C21H21N5O2S/c1-2-28-18(27)14-26-20(19(24-21(26)29)16-8-3-4-11-23-16)17-9-6-12-25(17)15-7-5-10-22-13-15/h3-13,19-20H,2,14H2,1H3,(H,24,29)/t19-,20+/m0/s1. The molecule has 0 aromatic carbocycles. The van der Waals surface area contributed by atoms with E-state index < -0.39 is 0 Å². The molecule has 2 atom stereocenters. The molecule has 0 amide bonds. The number of aromatic nitrogens is 3. The summed E-state index contributed by atoms with van der Waals surface area (Å²) in [7, 11) is 0. The predicted molar refractivity (Wildman–Crippen MR) is 112 cm³/mol. The molecule has 8 heteroatoms. The number of nitrogens with zero attached hydrogens (tertiary/aromatic N) is 4. The molecule has 0 spiro atoms. The Bertz CT molecular complexity index is 993. The quantitative estimate of drug-likeness (QED) is 0.498. The summed E-state index contributed by atoms with van der Waals surface area (Å²) < 4.78 is 7.23. The number of ether oxygens (including phenoxy) is 1. The lowest BCUT2D eigenvalue weighted by atomic mass is 10.0. The topological polar surface area (TPSA) is 72.3 Å². The maximum atomic E-state index is 12.3. The van der Waals surface area contributed by atoms with Crippen LogP contribution >= 0.6 is 12.2 Å². The van der Waals surface area contributed by atoms with E-state index in [0.717, 1.165) is 17.1 Å². The van der Waals surface area contributed by atoms with Gasteiger partial charge in [0.15, 0.2) is 5.11 Å². The van der Waals surface area contributed by atoms with Crippen molar-refractivity contribution >= 4 is 23.3 Å². The number of pyridine rings is 2. The van der Waals surface area contributed by atoms with Gasteiger partial charge in [0.25, 0.3) is 0 Å². The molecular weight excluding hydrogens is 386 g/mol. The first-order valence-corrected chi connectivity index (χ1v) is 9.81. The average molecular weight is 407 g/mol. The van der Waals surface area contributed by atoms with Crippen molar-refractivity contribution < 1.29 is 9.53 Å². The monoisotopic (exact) mass is 407 g/mol. The van der Waals surface area contributed by atoms with Crippen LogP contribution in [0.4, 0.5) is 0 Å². The highest BCUT2D eigenvalue weighted by atomic mass is 32.1. The van der Waals surface area contributed by atoms with Crippen molar-refractivity contribution in [3.8, 4) is 5.69 Å². The molecule has 0 unspecified atom stereocenters. The fourth-order valence-electron chi connectivity index (χ4n) is 3.61. The van der Waals surface area contributed by atoms with Crippen LogP contribution in [0.25, 0.3) is 5.69 Å². The molecule has 0 saturated carbocycles. The summed E-state index contributed by atoms with van der Waals surface area (Å²) in [4.78, 5) is 22.9. The summed E-state index contributed by atoms with van der Waals surface area (Å²) in [6, 6.07) is 13.2. The minimum atomic E-state index is -0.317. The summed E-state index contributed by atoms with van der Waals surface area (Å²) in [5, 5.41) is 3.84. The molecule has 7 nitrogen and oxygen atoms in total. The van der Waals surface area contributed by atoms with Gasteiger partial charge >= 0.3 is 5.97 Å². The second kappa shape index (κ2) is 8.40. The Morgan fingerprint density at radius 3 is 2.83 bits per heavy atom. The van der Waals surface area contributed by atoms with Crippen molar-refractivity contribution in [1.29, 1.82) is 0 Å². The van der Waals surface area contributed by atoms with Gasteiger partial charge in [-0.25, -0.2) is 0 Å². The molecule has 3 aromatic heterocycles. The SMILES string of the molecule is CCOC(=O)CN1C(=S)N[C@@H](c2ccccn2)[C@H]1c1cccn1-c1cccnc1. The van der Waals surface area contributed by atoms with Gasteiger partial charge in [-0.1, -0.05) is 6.07 Å². The second-order valence-electron chi connectivity index (χ2n) is 6.57. The summed E-state index contributed by atoms with van der Waals surface area (Å²) in [6.07, 6.45) is 7.27. The number of carbonyl (C=O) groups is 1. The Balaban J connectivity index is 1.77. The van der Waals surface area contributed by atoms with Gasteiger partial charge < -0.3 is 19.5 Å². The van der Waals surface area contributed by atoms with E-state index in [1.165, 1.54) is 0 Å². The lowest BCUT2D eigenvalue weighted by Gasteiger charge is -2.28. The van der Waals surface area contributed by atoms with Crippen molar-refractivity contribution in [3.05, 3.63) is 78.6 Å². The van der Waals surface area contributed by atoms with Crippen LogP contribution in [0.15, 0.2) is 67.3 Å². The number of esters is 1. The van der Waals surface area contributed by atoms with Gasteiger partial charge in [-0.15, -0.1) is 0 Å². The van der Waals surface area contributed by atoms with Crippen molar-refractivity contribution in [2.75, 3.05) is 13.2 Å². The van der Waals surface area contributed by atoms with Gasteiger partial charge in [-0.2, -0.15) is 0 Å². The lowest BCUT2D eigenvalue weighted by molar-refractivity contribution is -0.143. The first-order chi connectivity index (χ1) is 14.2. The Morgan fingerprint density at radius 2 is 2.10 bits per heavy atom. The molecule has 1 aliphatic heterocycles. The highest BCUT2D eigenvalue weighted by Crippen LogP contribution is 2.39. The zero-order valence-electron chi connectivity index (χ0n) is 15.9. The second-order valence-corrected chi connectivity index (χ2v) is 6.96. The first-order valence-electron chi connectivity index (χ1n) is 9.40. The predicted octanol–water partition coefficient (Wildman–Crippen LogP) is 2.80. The minimum absolute atomic E-state index is 0.0614. The van der Waals surface area contributed by atoms with Gasteiger partial charge in [0.05, 0.1) is 36.3 Å². The Labute approximate surface area is 174 Å². The Morgan fingerprint density at radius 1 is 1.21 bits per heavy atom. The van der Waals surface area contributed by atoms with Crippen molar-refractivity contribution in [2.45, 2.75) is 19.0 Å². The maximum Gasteiger partial charge on any atom is 0.325 e. The van der Waals surface area contributed by atoms with Gasteiger partial charge in [0, 0.05) is 24.3 Å². The molecule has 148 valence electrons. The molecule has 29 heavy (non-hydrogen) atoms. The molecular formula is C21H21N5O2S. The molecule has 1 aliphatic rings. The third-order valence-electron chi connectivity index (χ3n) is 4.81. The van der Waals surface area contributed by atoms with E-state index in [0.29, 0.717) is 11.7 Å². The van der Waals surface area contributed by atoms with Gasteiger partial charge in [0.1, 0.15) is 6.54 Å². The van der Waals surface area contributed by atoms with Crippen molar-refractivity contribution in [3.63, 3.8) is 0 Å². The highest BCUT2D eigenvalue weighted by Gasteiger charge is 2.42. The van der Waals surface area contributed by atoms with Crippen LogP contribution < -0.4 is 5.32 Å². The Kier molecular flexibility index (Phi) is 5.53. The van der Waals surface area contributed by atoms with E-state index in [-0.39, 0.29) is 24.6 Å². The Hall–Kier alpha value is -3.26. The number of carbonyl (C=O) groups excluding carboxylic acids is 1. The van der Waals surface area contributed by atoms with E-state index >= 15 is 0 Å². The number of hydrogen-bond acceptors (Lipinski definition) is 5. The number of rotatable bonds is 6. The van der Waals surface area contributed by atoms with Crippen LogP contribution in [-0.4, -0.2) is 43.7 Å². The zero-order chi connectivity index (χ0) is 20.2. The third-order valence-corrected chi connectivity index (χ3v) is 5.16. The molecule has 4 rings (SSSR count). The molecule has 0 radical (unpaired) electrons. The summed E-state index contributed by atoms with van der Waals surface area (Å²) in [5.74, 6) is -0.317. The van der Waals surface area contributed by atoms with E-state index in [2.05, 4.69) is 19.9 Å². The highest BCUT2D eigenvalue weighted by molar-refractivity contribution is 7.80. The first kappa shape index (κ1) is 19.1. The zero-order valence-corrected chi connectivity index (χ0v) is 16.7. The largest absolute Gasteiger partial charge is 0.465 e. The number of thiocarbonyl (C=S) groups is 1. The van der Waals surface area contributed by atoms with E-state index in [1.807, 2.05) is 53.6 Å². The average Bonchev–Trinajstić information content (AvgIpc) is 3.34. The molecule has 1 saturated heterocycles. The third kappa shape index (κ3) is 3.84. The van der Waals surface area contributed by atoms with Crippen molar-refractivity contribution in [2.24, 2.45) is 0 Å². The van der Waals surface area contributed by atoms with Crippen LogP contribution in [0.3, 0.4) is 0 Å². The molecule has 4 heterocycles. The molecule has 0 bridgehead atoms. The molecule has 1 N–H and O–H groups in total. The van der Waals surface area contributed by atoms with Gasteiger partial charge in [-0.05, 0) is 55.5 Å². The molecule has 1 fully saturated rings. The van der Waals surface area contributed by atoms with E-state index in [1.54, 1.807) is 25.5 Å². The van der Waals surface area contributed by atoms with E-state index in [4.69, 9.17) is 17.0 Å². The van der Waals surface area contributed by atoms with Crippen LogP contribution in [0.5, 0.6) is 0 Å². The lowest BCUT2D eigenvalue weighted by Crippen LogP contribution is -2.36. The van der Waals surface area contributed by atoms with Crippen LogP contribution in [0.1, 0.15) is 30.4 Å².